The van der Waals surface area contributed by atoms with Crippen LogP contribution in [0.25, 0.3) is 10.8 Å². The molecule has 0 radical (unpaired) electrons. The second-order valence-electron chi connectivity index (χ2n) is 6.04. The molecule has 112 valence electrons. The van der Waals surface area contributed by atoms with E-state index >= 15 is 0 Å². The van der Waals surface area contributed by atoms with Gasteiger partial charge in [0.25, 0.3) is 0 Å². The third kappa shape index (κ3) is 2.89. The molecule has 2 N–H and O–H groups in total. The minimum atomic E-state index is 0.265. The van der Waals surface area contributed by atoms with Gasteiger partial charge < -0.3 is 10.5 Å². The molecule has 0 spiro atoms. The molecular formula is C18H24N2O. The fourth-order valence-corrected chi connectivity index (χ4v) is 3.14. The zero-order valence-electron chi connectivity index (χ0n) is 12.9. The lowest BCUT2D eigenvalue weighted by molar-refractivity contribution is 0.241. The van der Waals surface area contributed by atoms with Gasteiger partial charge in [-0.05, 0) is 42.8 Å². The number of likely N-dealkylation sites (N-methyl/N-ethyl adjacent to an activating group) is 1. The number of benzene rings is 2. The molecule has 21 heavy (non-hydrogen) atoms. The molecule has 1 saturated carbocycles. The standard InChI is InChI=1S/C18H24N2O/c1-20(12-13-7-8-13)17(11-19)15-9-10-18(21-2)16-6-4-3-5-14(15)16/h3-6,9-10,13,17H,7-8,11-12,19H2,1-2H3. The monoisotopic (exact) mass is 284 g/mol. The summed E-state index contributed by atoms with van der Waals surface area (Å²) in [5.41, 5.74) is 7.39. The first-order valence-corrected chi connectivity index (χ1v) is 7.70. The Hall–Kier alpha value is -1.58. The molecule has 3 nitrogen and oxygen atoms in total. The first-order chi connectivity index (χ1) is 10.2. The van der Waals surface area contributed by atoms with E-state index in [2.05, 4.69) is 48.3 Å². The Labute approximate surface area is 126 Å². The van der Waals surface area contributed by atoms with E-state index < -0.39 is 0 Å². The minimum absolute atomic E-state index is 0.265. The van der Waals surface area contributed by atoms with Crippen LogP contribution < -0.4 is 10.5 Å². The van der Waals surface area contributed by atoms with Crippen LogP contribution in [0.3, 0.4) is 0 Å². The summed E-state index contributed by atoms with van der Waals surface area (Å²) in [6.07, 6.45) is 2.73. The zero-order valence-corrected chi connectivity index (χ0v) is 12.9. The van der Waals surface area contributed by atoms with Gasteiger partial charge in [0.15, 0.2) is 0 Å². The van der Waals surface area contributed by atoms with Crippen molar-refractivity contribution in [2.45, 2.75) is 18.9 Å². The number of nitrogens with two attached hydrogens (primary N) is 1. The molecule has 0 heterocycles. The highest BCUT2D eigenvalue weighted by Gasteiger charge is 2.27. The van der Waals surface area contributed by atoms with Crippen LogP contribution in [-0.2, 0) is 0 Å². The van der Waals surface area contributed by atoms with Gasteiger partial charge in [0.2, 0.25) is 0 Å². The SMILES string of the molecule is COc1ccc(C(CN)N(C)CC2CC2)c2ccccc12. The second kappa shape index (κ2) is 6.04. The van der Waals surface area contributed by atoms with Crippen molar-refractivity contribution in [2.75, 3.05) is 27.2 Å². The molecular weight excluding hydrogens is 260 g/mol. The highest BCUT2D eigenvalue weighted by atomic mass is 16.5. The number of methoxy groups -OCH3 is 1. The summed E-state index contributed by atoms with van der Waals surface area (Å²) in [6, 6.07) is 12.9. The Morgan fingerprint density at radius 3 is 2.52 bits per heavy atom. The van der Waals surface area contributed by atoms with Crippen LogP contribution in [0.5, 0.6) is 5.75 Å². The lowest BCUT2D eigenvalue weighted by Crippen LogP contribution is -2.32. The summed E-state index contributed by atoms with van der Waals surface area (Å²) < 4.78 is 5.49. The van der Waals surface area contributed by atoms with Crippen molar-refractivity contribution < 1.29 is 4.74 Å². The Morgan fingerprint density at radius 2 is 1.90 bits per heavy atom. The number of hydrogen-bond donors (Lipinski definition) is 1. The maximum atomic E-state index is 6.09. The highest BCUT2D eigenvalue weighted by molar-refractivity contribution is 5.91. The number of rotatable bonds is 6. The van der Waals surface area contributed by atoms with Crippen LogP contribution in [0.2, 0.25) is 0 Å². The second-order valence-corrected chi connectivity index (χ2v) is 6.04. The molecule has 0 saturated heterocycles. The van der Waals surface area contributed by atoms with E-state index in [0.717, 1.165) is 23.6 Å². The van der Waals surface area contributed by atoms with Gasteiger partial charge in [-0.2, -0.15) is 0 Å². The smallest absolute Gasteiger partial charge is 0.126 e. The van der Waals surface area contributed by atoms with Crippen LogP contribution in [0.1, 0.15) is 24.4 Å². The Balaban J connectivity index is 2.01. The van der Waals surface area contributed by atoms with Gasteiger partial charge in [0.1, 0.15) is 5.75 Å². The maximum absolute atomic E-state index is 6.09. The fraction of sp³-hybridized carbons (Fsp3) is 0.444. The summed E-state index contributed by atoms with van der Waals surface area (Å²) >= 11 is 0. The van der Waals surface area contributed by atoms with Gasteiger partial charge in [-0.15, -0.1) is 0 Å². The van der Waals surface area contributed by atoms with Crippen LogP contribution in [0.15, 0.2) is 36.4 Å². The van der Waals surface area contributed by atoms with Crippen molar-refractivity contribution in [3.05, 3.63) is 42.0 Å². The van der Waals surface area contributed by atoms with Crippen LogP contribution >= 0.6 is 0 Å². The molecule has 1 fully saturated rings. The summed E-state index contributed by atoms with van der Waals surface area (Å²) in [7, 11) is 3.91. The molecule has 2 aromatic carbocycles. The Morgan fingerprint density at radius 1 is 1.19 bits per heavy atom. The van der Waals surface area contributed by atoms with E-state index in [9.17, 15) is 0 Å². The van der Waals surface area contributed by atoms with Gasteiger partial charge in [0, 0.05) is 24.5 Å². The zero-order chi connectivity index (χ0) is 14.8. The number of hydrogen-bond acceptors (Lipinski definition) is 3. The van der Waals surface area contributed by atoms with Crippen molar-refractivity contribution in [1.29, 1.82) is 0 Å². The average Bonchev–Trinajstić information content (AvgIpc) is 3.32. The molecule has 0 aliphatic heterocycles. The van der Waals surface area contributed by atoms with Gasteiger partial charge >= 0.3 is 0 Å². The molecule has 1 aliphatic rings. The summed E-state index contributed by atoms with van der Waals surface area (Å²) in [4.78, 5) is 2.41. The lowest BCUT2D eigenvalue weighted by atomic mass is 9.97. The maximum Gasteiger partial charge on any atom is 0.126 e. The van der Waals surface area contributed by atoms with Crippen LogP contribution in [-0.4, -0.2) is 32.1 Å². The van der Waals surface area contributed by atoms with Crippen LogP contribution in [0.4, 0.5) is 0 Å². The number of nitrogens with zero attached hydrogens (tertiary/aromatic N) is 1. The molecule has 1 aliphatic carbocycles. The van der Waals surface area contributed by atoms with Gasteiger partial charge in [0.05, 0.1) is 7.11 Å². The van der Waals surface area contributed by atoms with Gasteiger partial charge in [-0.3, -0.25) is 4.90 Å². The topological polar surface area (TPSA) is 38.5 Å². The summed E-state index contributed by atoms with van der Waals surface area (Å²) in [6.45, 7) is 1.78. The largest absolute Gasteiger partial charge is 0.496 e. The first kappa shape index (κ1) is 14.4. The first-order valence-electron chi connectivity index (χ1n) is 7.70. The third-order valence-corrected chi connectivity index (χ3v) is 4.50. The van der Waals surface area contributed by atoms with Gasteiger partial charge in [-0.1, -0.05) is 30.3 Å². The lowest BCUT2D eigenvalue weighted by Gasteiger charge is -2.28. The van der Waals surface area contributed by atoms with E-state index in [1.165, 1.54) is 23.8 Å². The van der Waals surface area contributed by atoms with Crippen molar-refractivity contribution in [2.24, 2.45) is 11.7 Å². The highest BCUT2D eigenvalue weighted by Crippen LogP contribution is 2.35. The fourth-order valence-electron chi connectivity index (χ4n) is 3.14. The van der Waals surface area contributed by atoms with E-state index in [1.807, 2.05) is 0 Å². The van der Waals surface area contributed by atoms with Crippen molar-refractivity contribution in [3.63, 3.8) is 0 Å². The minimum Gasteiger partial charge on any atom is -0.496 e. The molecule has 1 unspecified atom stereocenters. The van der Waals surface area contributed by atoms with Crippen LogP contribution in [0, 0.1) is 5.92 Å². The van der Waals surface area contributed by atoms with Gasteiger partial charge in [-0.25, -0.2) is 0 Å². The molecule has 1 atom stereocenters. The Kier molecular flexibility index (Phi) is 4.13. The van der Waals surface area contributed by atoms with E-state index in [1.54, 1.807) is 7.11 Å². The predicted molar refractivity (Wildman–Crippen MR) is 87.6 cm³/mol. The van der Waals surface area contributed by atoms with E-state index in [0.29, 0.717) is 6.54 Å². The summed E-state index contributed by atoms with van der Waals surface area (Å²) in [5.74, 6) is 1.79. The molecule has 0 amide bonds. The quantitative estimate of drug-likeness (QED) is 0.885. The normalized spacial score (nSPS) is 16.4. The average molecular weight is 284 g/mol. The van der Waals surface area contributed by atoms with Crippen molar-refractivity contribution in [1.82, 2.24) is 4.90 Å². The van der Waals surface area contributed by atoms with E-state index in [-0.39, 0.29) is 6.04 Å². The molecule has 0 aromatic heterocycles. The number of fused-ring (bicyclic) bond motifs is 1. The molecule has 0 bridgehead atoms. The van der Waals surface area contributed by atoms with Crippen molar-refractivity contribution >= 4 is 10.8 Å². The Bertz CT molecular complexity index is 622. The van der Waals surface area contributed by atoms with E-state index in [4.69, 9.17) is 10.5 Å². The molecule has 3 heteroatoms. The molecule has 3 rings (SSSR count). The van der Waals surface area contributed by atoms with Crippen molar-refractivity contribution in [3.8, 4) is 5.75 Å². The molecule has 2 aromatic rings. The predicted octanol–water partition coefficient (Wildman–Crippen LogP) is 3.19. The summed E-state index contributed by atoms with van der Waals surface area (Å²) in [5, 5.41) is 2.41. The third-order valence-electron chi connectivity index (χ3n) is 4.50. The number of ether oxygens (including phenoxy) is 1.